The van der Waals surface area contributed by atoms with Crippen molar-refractivity contribution in [1.82, 2.24) is 35.0 Å². The Kier molecular flexibility index (Phi) is 21.8. The van der Waals surface area contributed by atoms with Gasteiger partial charge in [0.25, 0.3) is 23.5 Å². The minimum Gasteiger partial charge on any atom is -0.478 e. The van der Waals surface area contributed by atoms with Gasteiger partial charge in [0.1, 0.15) is 17.5 Å². The van der Waals surface area contributed by atoms with E-state index in [1.807, 2.05) is 67.3 Å². The summed E-state index contributed by atoms with van der Waals surface area (Å²) in [5.74, 6) is -1.32. The van der Waals surface area contributed by atoms with Crippen molar-refractivity contribution in [3.05, 3.63) is 210 Å². The molecule has 12 rings (SSSR count). The van der Waals surface area contributed by atoms with Crippen molar-refractivity contribution in [1.29, 1.82) is 0 Å². The fraction of sp³-hybridized carbons (Fsp3) is 0.329. The Balaban J connectivity index is 0.000000151. The minimum atomic E-state index is -1.00. The molecule has 13 nitrogen and oxygen atoms in total. The number of piperidine rings is 3. The molecule has 0 spiro atoms. The van der Waals surface area contributed by atoms with Crippen molar-refractivity contribution in [2.75, 3.05) is 53.4 Å². The minimum absolute atomic E-state index is 0.000912. The quantitative estimate of drug-likeness (QED) is 0.0633. The third kappa shape index (κ3) is 16.9. The maximum Gasteiger partial charge on any atom is 0.337 e. The summed E-state index contributed by atoms with van der Waals surface area (Å²) in [7, 11) is 3.05. The molecule has 3 fully saturated rings. The number of amides is 3. The van der Waals surface area contributed by atoms with E-state index < -0.39 is 17.7 Å². The molecule has 89 heavy (non-hydrogen) atoms. The van der Waals surface area contributed by atoms with Crippen LogP contribution in [0.3, 0.4) is 0 Å². The van der Waals surface area contributed by atoms with Crippen molar-refractivity contribution < 1.29 is 42.3 Å². The summed E-state index contributed by atoms with van der Waals surface area (Å²) in [6.45, 7) is 10.5. The van der Waals surface area contributed by atoms with Gasteiger partial charge in [0.15, 0.2) is 0 Å². The van der Waals surface area contributed by atoms with E-state index in [9.17, 15) is 37.1 Å². The standard InChI is InChI=1S/C26H27ClFN3O3.C22H22ClFN2O.C12H16FN.C10H8ClNO2/c1-15-23(24(32)26(34)30(2)3)20-13-19(21(27)14-22(20)29-15)25(33)31-10-8-17(9-11-31)12-16-4-6-18(28)7-5-16;1-14-10-17-12-19(20(23)13-21(17)25-14)22(27)26-8-6-16(7-9-26)11-15-2-4-18(24)5-3-15;13-12-3-1-10(2-4-12)9-11-5-7-14-8-6-11;1-5-2-6-3-7(10(13)14)8(11)4-9(6)12-5/h4-7,13-14,17,29H,8-12H2,1-3H3;2-5,10,12-13,16,25H,6-9,11H2,1H3;1-4,11,14H,5-9H2;2-4,12H,1H3,(H,13,14). The van der Waals surface area contributed by atoms with Gasteiger partial charge in [0, 0.05) is 90.1 Å². The van der Waals surface area contributed by atoms with E-state index in [2.05, 4.69) is 20.3 Å². The lowest BCUT2D eigenvalue weighted by molar-refractivity contribution is -0.124. The zero-order valence-electron chi connectivity index (χ0n) is 50.5. The number of aromatic amines is 3. The molecule has 0 radical (unpaired) electrons. The summed E-state index contributed by atoms with van der Waals surface area (Å²) in [5, 5.41) is 15.6. The van der Waals surface area contributed by atoms with Gasteiger partial charge in [-0.25, -0.2) is 18.0 Å². The number of aryl methyl sites for hydroxylation is 3. The highest BCUT2D eigenvalue weighted by Gasteiger charge is 2.30. The highest BCUT2D eigenvalue weighted by molar-refractivity contribution is 6.45. The summed E-state index contributed by atoms with van der Waals surface area (Å²) < 4.78 is 38.8. The second-order valence-corrected chi connectivity index (χ2v) is 25.0. The van der Waals surface area contributed by atoms with Gasteiger partial charge in [-0.1, -0.05) is 71.2 Å². The van der Waals surface area contributed by atoms with Crippen LogP contribution in [0.25, 0.3) is 32.7 Å². The number of aromatic nitrogens is 3. The largest absolute Gasteiger partial charge is 0.478 e. The number of likely N-dealkylation sites (tertiary alicyclic amines) is 2. The molecule has 3 aliphatic rings. The van der Waals surface area contributed by atoms with E-state index in [4.69, 9.17) is 39.9 Å². The smallest absolute Gasteiger partial charge is 0.337 e. The number of carboxylic acid groups (broad SMARTS) is 1. The first-order valence-corrected chi connectivity index (χ1v) is 31.1. The second kappa shape index (κ2) is 29.6. The van der Waals surface area contributed by atoms with Gasteiger partial charge in [0.05, 0.1) is 37.3 Å². The van der Waals surface area contributed by atoms with E-state index in [1.54, 1.807) is 60.4 Å². The van der Waals surface area contributed by atoms with Crippen LogP contribution in [0, 0.1) is 56.0 Å². The molecule has 0 bridgehead atoms. The van der Waals surface area contributed by atoms with Crippen LogP contribution in [0.2, 0.25) is 15.1 Å². The van der Waals surface area contributed by atoms with Crippen LogP contribution in [0.1, 0.15) is 114 Å². The fourth-order valence-corrected chi connectivity index (χ4v) is 12.7. The van der Waals surface area contributed by atoms with Crippen LogP contribution >= 0.6 is 34.8 Å². The third-order valence-corrected chi connectivity index (χ3v) is 17.8. The average Bonchev–Trinajstić information content (AvgIpc) is 2.13. The number of carboxylic acids is 1. The van der Waals surface area contributed by atoms with Crippen molar-refractivity contribution >= 4 is 97.0 Å². The molecular weight excluding hydrogens is 1200 g/mol. The Morgan fingerprint density at radius 1 is 0.506 bits per heavy atom. The number of nitrogens with one attached hydrogen (secondary N) is 4. The molecule has 0 aliphatic carbocycles. The summed E-state index contributed by atoms with van der Waals surface area (Å²) in [5.41, 5.74) is 9.79. The number of carbonyl (C=O) groups excluding carboxylic acids is 4. The first-order valence-electron chi connectivity index (χ1n) is 30.0. The first-order chi connectivity index (χ1) is 42.6. The number of halogens is 6. The van der Waals surface area contributed by atoms with Crippen molar-refractivity contribution in [2.45, 2.75) is 78.6 Å². The molecule has 19 heteroatoms. The Bertz CT molecular complexity index is 3990. The number of hydrogen-bond donors (Lipinski definition) is 5. The number of likely N-dealkylation sites (N-methyl/N-ethyl adjacent to an activating group) is 1. The van der Waals surface area contributed by atoms with E-state index in [0.717, 1.165) is 121 Å². The molecule has 5 N–H and O–H groups in total. The highest BCUT2D eigenvalue weighted by Crippen LogP contribution is 2.33. The van der Waals surface area contributed by atoms with E-state index in [0.29, 0.717) is 62.7 Å². The number of Topliss-reactive ketones (excluding diaryl/α,β-unsaturated/α-hetero) is 1. The molecule has 6 heterocycles. The van der Waals surface area contributed by atoms with Crippen LogP contribution in [-0.4, -0.2) is 118 Å². The molecule has 0 unspecified atom stereocenters. The average molecular weight is 1270 g/mol. The topological polar surface area (TPSA) is 175 Å². The maximum atomic E-state index is 13.3. The highest BCUT2D eigenvalue weighted by atomic mass is 35.5. The van der Waals surface area contributed by atoms with Gasteiger partial charge in [-0.05, 0) is 211 Å². The zero-order valence-corrected chi connectivity index (χ0v) is 52.8. The number of H-pyrrole nitrogens is 3. The van der Waals surface area contributed by atoms with E-state index >= 15 is 0 Å². The number of ketones is 1. The summed E-state index contributed by atoms with van der Waals surface area (Å²) in [4.78, 5) is 76.5. The lowest BCUT2D eigenvalue weighted by Crippen LogP contribution is -2.39. The number of rotatable bonds is 11. The zero-order chi connectivity index (χ0) is 63.6. The number of nitrogens with zero attached hydrogens (tertiary/aromatic N) is 3. The van der Waals surface area contributed by atoms with Crippen LogP contribution in [-0.2, 0) is 24.1 Å². The number of aromatic carboxylic acids is 1. The predicted molar refractivity (Wildman–Crippen MR) is 347 cm³/mol. The Morgan fingerprint density at radius 3 is 1.28 bits per heavy atom. The summed E-state index contributed by atoms with van der Waals surface area (Å²) >= 11 is 18.6. The van der Waals surface area contributed by atoms with Crippen molar-refractivity contribution in [3.8, 4) is 0 Å². The third-order valence-electron chi connectivity index (χ3n) is 16.9. The Labute approximate surface area is 530 Å². The molecule has 3 aliphatic heterocycles. The molecule has 466 valence electrons. The van der Waals surface area contributed by atoms with Crippen LogP contribution in [0.5, 0.6) is 0 Å². The Hall–Kier alpha value is -7.89. The molecule has 3 saturated heterocycles. The molecule has 0 saturated carbocycles. The number of hydrogen-bond acceptors (Lipinski definition) is 6. The molecular formula is C70H73Cl3F3N7O6. The number of benzene rings is 6. The SMILES string of the molecule is Cc1[nH]c2cc(Cl)c(C(=O)N3CCC(Cc4ccc(F)cc4)CC3)cc2c1C(=O)C(=O)N(C)C.Cc1cc2cc(C(=O)N3CCC(Cc4ccc(F)cc4)CC3)c(Cl)cc2[nH]1.Cc1cc2cc(C(=O)O)c(Cl)cc2[nH]1.Fc1ccc(CC2CCNCC2)cc1. The van der Waals surface area contributed by atoms with Gasteiger partial charge in [-0.3, -0.25) is 19.2 Å². The predicted octanol–water partition coefficient (Wildman–Crippen LogP) is 15.2. The van der Waals surface area contributed by atoms with Gasteiger partial charge in [-0.15, -0.1) is 0 Å². The molecule has 9 aromatic rings. The van der Waals surface area contributed by atoms with E-state index in [-0.39, 0.29) is 45.4 Å². The van der Waals surface area contributed by atoms with Crippen LogP contribution in [0.15, 0.2) is 121 Å². The van der Waals surface area contributed by atoms with Gasteiger partial charge in [-0.2, -0.15) is 0 Å². The van der Waals surface area contributed by atoms with Crippen molar-refractivity contribution in [2.24, 2.45) is 17.8 Å². The fourth-order valence-electron chi connectivity index (χ4n) is 12.0. The number of carbonyl (C=O) groups is 5. The maximum absolute atomic E-state index is 13.3. The first kappa shape index (κ1) is 65.6. The van der Waals surface area contributed by atoms with Crippen LogP contribution < -0.4 is 5.32 Å². The van der Waals surface area contributed by atoms with Crippen molar-refractivity contribution in [3.63, 3.8) is 0 Å². The monoisotopic (exact) mass is 1270 g/mol. The van der Waals surface area contributed by atoms with Gasteiger partial charge < -0.3 is 40.1 Å². The van der Waals surface area contributed by atoms with E-state index in [1.165, 1.54) is 61.7 Å². The molecule has 3 aromatic heterocycles. The lowest BCUT2D eigenvalue weighted by Gasteiger charge is -2.32. The normalized spacial score (nSPS) is 14.8. The summed E-state index contributed by atoms with van der Waals surface area (Å²) in [6, 6.07) is 34.3. The van der Waals surface area contributed by atoms with Crippen LogP contribution in [0.4, 0.5) is 13.2 Å². The molecule has 6 aromatic carbocycles. The summed E-state index contributed by atoms with van der Waals surface area (Å²) in [6.07, 6.45) is 8.95. The molecule has 3 amide bonds. The number of fused-ring (bicyclic) bond motifs is 3. The molecule has 0 atom stereocenters. The lowest BCUT2D eigenvalue weighted by atomic mass is 9.90. The Morgan fingerprint density at radius 2 is 0.876 bits per heavy atom. The second-order valence-electron chi connectivity index (χ2n) is 23.7. The van der Waals surface area contributed by atoms with Gasteiger partial charge in [0.2, 0.25) is 0 Å². The van der Waals surface area contributed by atoms with Gasteiger partial charge >= 0.3 is 5.97 Å².